The van der Waals surface area contributed by atoms with Crippen LogP contribution in [0.5, 0.6) is 0 Å². The van der Waals surface area contributed by atoms with E-state index in [9.17, 15) is 0 Å². The van der Waals surface area contributed by atoms with Gasteiger partial charge in [0.2, 0.25) is 0 Å². The van der Waals surface area contributed by atoms with Gasteiger partial charge in [0.1, 0.15) is 14.0 Å². The fourth-order valence-corrected chi connectivity index (χ4v) is 2.32. The van der Waals surface area contributed by atoms with E-state index in [-0.39, 0.29) is 24.1 Å². The van der Waals surface area contributed by atoms with Crippen LogP contribution in [0, 0.1) is 11.8 Å². The summed E-state index contributed by atoms with van der Waals surface area (Å²) in [5.74, 6) is 0.971. The lowest BCUT2D eigenvalue weighted by molar-refractivity contribution is -0.0343. The van der Waals surface area contributed by atoms with Crippen LogP contribution in [0.4, 0.5) is 0 Å². The lowest BCUT2D eigenvalue weighted by atomic mass is 9.80. The van der Waals surface area contributed by atoms with Crippen molar-refractivity contribution >= 4 is 7.85 Å². The maximum Gasteiger partial charge on any atom is 0.109 e. The highest BCUT2D eigenvalue weighted by Gasteiger charge is 2.41. The van der Waals surface area contributed by atoms with Gasteiger partial charge in [-0.25, -0.2) is 0 Å². The van der Waals surface area contributed by atoms with Crippen LogP contribution < -0.4 is 0 Å². The fourth-order valence-electron chi connectivity index (χ4n) is 2.32. The Bertz CT molecular complexity index is 199. The SMILES string of the molecule is [B][C@@H]1O[C@H](COC)C(OC)[C@@H]1CCC(C)C. The second-order valence-corrected chi connectivity index (χ2v) is 4.93. The van der Waals surface area contributed by atoms with Crippen molar-refractivity contribution in [3.05, 3.63) is 0 Å². The van der Waals surface area contributed by atoms with Gasteiger partial charge in [-0.05, 0) is 12.3 Å². The Morgan fingerprint density at radius 1 is 1.31 bits per heavy atom. The molecule has 0 bridgehead atoms. The molecule has 0 aromatic rings. The molecule has 1 heterocycles. The zero-order valence-corrected chi connectivity index (χ0v) is 10.8. The van der Waals surface area contributed by atoms with Gasteiger partial charge in [0, 0.05) is 26.1 Å². The molecule has 0 spiro atoms. The van der Waals surface area contributed by atoms with Crippen LogP contribution in [-0.4, -0.2) is 46.9 Å². The maximum atomic E-state index is 5.99. The summed E-state index contributed by atoms with van der Waals surface area (Å²) in [6, 6.07) is -0.219. The summed E-state index contributed by atoms with van der Waals surface area (Å²) in [5.41, 5.74) is 0. The molecule has 1 aliphatic heterocycles. The highest BCUT2D eigenvalue weighted by molar-refractivity contribution is 6.11. The third kappa shape index (κ3) is 3.47. The molecule has 1 saturated heterocycles. The van der Waals surface area contributed by atoms with Gasteiger partial charge in [0.05, 0.1) is 12.7 Å². The van der Waals surface area contributed by atoms with E-state index in [2.05, 4.69) is 13.8 Å². The molecule has 1 unspecified atom stereocenters. The number of rotatable bonds is 6. The van der Waals surface area contributed by atoms with Crippen molar-refractivity contribution in [1.82, 2.24) is 0 Å². The Kier molecular flexibility index (Phi) is 5.80. The van der Waals surface area contributed by atoms with Crippen molar-refractivity contribution in [3.8, 4) is 0 Å². The summed E-state index contributed by atoms with van der Waals surface area (Å²) in [7, 11) is 9.38. The number of ether oxygens (including phenoxy) is 3. The van der Waals surface area contributed by atoms with Gasteiger partial charge in [-0.1, -0.05) is 20.3 Å². The average Bonchev–Trinajstić information content (AvgIpc) is 2.51. The van der Waals surface area contributed by atoms with Gasteiger partial charge in [-0.3, -0.25) is 0 Å². The van der Waals surface area contributed by atoms with E-state index in [1.165, 1.54) is 0 Å². The van der Waals surface area contributed by atoms with Gasteiger partial charge in [-0.2, -0.15) is 0 Å². The van der Waals surface area contributed by atoms with Crippen LogP contribution in [0.2, 0.25) is 0 Å². The van der Waals surface area contributed by atoms with E-state index >= 15 is 0 Å². The van der Waals surface area contributed by atoms with Crippen LogP contribution in [-0.2, 0) is 14.2 Å². The van der Waals surface area contributed by atoms with Gasteiger partial charge >= 0.3 is 0 Å². The minimum atomic E-state index is -0.219. The number of hydrogen-bond acceptors (Lipinski definition) is 3. The summed E-state index contributed by atoms with van der Waals surface area (Å²) in [6.07, 6.45) is 2.25. The summed E-state index contributed by atoms with van der Waals surface area (Å²) in [4.78, 5) is 0. The van der Waals surface area contributed by atoms with Crippen LogP contribution >= 0.6 is 0 Å². The van der Waals surface area contributed by atoms with Crippen molar-refractivity contribution in [2.24, 2.45) is 11.8 Å². The Balaban J connectivity index is 2.53. The quantitative estimate of drug-likeness (QED) is 0.644. The van der Waals surface area contributed by atoms with Crippen LogP contribution in [0.15, 0.2) is 0 Å². The Labute approximate surface area is 100 Å². The Morgan fingerprint density at radius 3 is 2.50 bits per heavy atom. The van der Waals surface area contributed by atoms with Gasteiger partial charge in [0.25, 0.3) is 0 Å². The third-order valence-corrected chi connectivity index (χ3v) is 3.22. The standard InChI is InChI=1S/C12H23BO3/c1-8(2)5-6-9-11(15-4)10(7-14-3)16-12(9)13/h8-12H,5-7H2,1-4H3/t9-,10+,11?,12+/m0/s1. The number of methoxy groups -OCH3 is 2. The molecule has 4 heteroatoms. The minimum Gasteiger partial charge on any atom is -0.382 e. The first-order chi connectivity index (χ1) is 7.60. The highest BCUT2D eigenvalue weighted by Crippen LogP contribution is 2.32. The summed E-state index contributed by atoms with van der Waals surface area (Å²) in [5, 5.41) is 0. The molecule has 0 aliphatic carbocycles. The van der Waals surface area contributed by atoms with E-state index in [4.69, 9.17) is 22.1 Å². The van der Waals surface area contributed by atoms with E-state index in [0.29, 0.717) is 12.5 Å². The zero-order valence-electron chi connectivity index (χ0n) is 10.8. The second kappa shape index (κ2) is 6.62. The molecular formula is C12H23BO3. The summed E-state index contributed by atoms with van der Waals surface area (Å²) in [6.45, 7) is 4.98. The fraction of sp³-hybridized carbons (Fsp3) is 1.00. The van der Waals surface area contributed by atoms with E-state index in [0.717, 1.165) is 12.8 Å². The van der Waals surface area contributed by atoms with Crippen molar-refractivity contribution in [1.29, 1.82) is 0 Å². The first-order valence-corrected chi connectivity index (χ1v) is 6.03. The first-order valence-electron chi connectivity index (χ1n) is 6.03. The van der Waals surface area contributed by atoms with Gasteiger partial charge in [0.15, 0.2) is 0 Å². The lowest BCUT2D eigenvalue weighted by Gasteiger charge is -2.22. The predicted octanol–water partition coefficient (Wildman–Crippen LogP) is 1.59. The molecule has 0 aromatic carbocycles. The first kappa shape index (κ1) is 14.0. The van der Waals surface area contributed by atoms with Crippen molar-refractivity contribution < 1.29 is 14.2 Å². The maximum absolute atomic E-state index is 5.99. The van der Waals surface area contributed by atoms with E-state index in [1.807, 2.05) is 0 Å². The average molecular weight is 226 g/mol. The van der Waals surface area contributed by atoms with E-state index in [1.54, 1.807) is 14.2 Å². The molecule has 2 radical (unpaired) electrons. The minimum absolute atomic E-state index is 0.0258. The molecule has 0 amide bonds. The number of hydrogen-bond donors (Lipinski definition) is 0. The monoisotopic (exact) mass is 226 g/mol. The second-order valence-electron chi connectivity index (χ2n) is 4.93. The van der Waals surface area contributed by atoms with Crippen molar-refractivity contribution in [3.63, 3.8) is 0 Å². The summed E-state index contributed by atoms with van der Waals surface area (Å²) >= 11 is 0. The Hall–Kier alpha value is -0.0551. The largest absolute Gasteiger partial charge is 0.382 e. The molecule has 0 aromatic heterocycles. The molecule has 92 valence electrons. The summed E-state index contributed by atoms with van der Waals surface area (Å²) < 4.78 is 16.3. The smallest absolute Gasteiger partial charge is 0.109 e. The van der Waals surface area contributed by atoms with Crippen LogP contribution in [0.1, 0.15) is 26.7 Å². The van der Waals surface area contributed by atoms with Crippen molar-refractivity contribution in [2.75, 3.05) is 20.8 Å². The zero-order chi connectivity index (χ0) is 12.1. The highest BCUT2D eigenvalue weighted by atomic mass is 16.6. The normalized spacial score (nSPS) is 34.8. The van der Waals surface area contributed by atoms with Crippen LogP contribution in [0.3, 0.4) is 0 Å². The molecule has 3 nitrogen and oxygen atoms in total. The molecule has 0 saturated carbocycles. The third-order valence-electron chi connectivity index (χ3n) is 3.22. The molecule has 0 N–H and O–H groups in total. The van der Waals surface area contributed by atoms with Gasteiger partial charge < -0.3 is 14.2 Å². The van der Waals surface area contributed by atoms with Crippen LogP contribution in [0.25, 0.3) is 0 Å². The molecule has 16 heavy (non-hydrogen) atoms. The Morgan fingerprint density at radius 2 is 2.00 bits per heavy atom. The molecular weight excluding hydrogens is 203 g/mol. The van der Waals surface area contributed by atoms with Crippen molar-refractivity contribution in [2.45, 2.75) is 44.9 Å². The predicted molar refractivity (Wildman–Crippen MR) is 64.7 cm³/mol. The lowest BCUT2D eigenvalue weighted by Crippen LogP contribution is -2.32. The molecule has 1 aliphatic rings. The molecule has 1 fully saturated rings. The van der Waals surface area contributed by atoms with E-state index < -0.39 is 0 Å². The molecule has 1 rings (SSSR count). The molecule has 4 atom stereocenters. The topological polar surface area (TPSA) is 27.7 Å². The van der Waals surface area contributed by atoms with Gasteiger partial charge in [-0.15, -0.1) is 0 Å².